The summed E-state index contributed by atoms with van der Waals surface area (Å²) in [5.41, 5.74) is 7.36. The Bertz CT molecular complexity index is 915. The van der Waals surface area contributed by atoms with Gasteiger partial charge in [-0.25, -0.2) is 0 Å². The molecule has 2 aliphatic heterocycles. The highest BCUT2D eigenvalue weighted by Crippen LogP contribution is 2.55. The van der Waals surface area contributed by atoms with Gasteiger partial charge in [-0.2, -0.15) is 0 Å². The number of benzene rings is 2. The maximum Gasteiger partial charge on any atom is 0.0645 e. The summed E-state index contributed by atoms with van der Waals surface area (Å²) in [6.07, 6.45) is 3.25. The van der Waals surface area contributed by atoms with Gasteiger partial charge in [-0.15, -0.1) is 0 Å². The van der Waals surface area contributed by atoms with Gasteiger partial charge in [0.15, 0.2) is 0 Å². The number of allylic oxidation sites excluding steroid dienone is 2. The number of rotatable bonds is 0. The second-order valence-electron chi connectivity index (χ2n) is 7.40. The van der Waals surface area contributed by atoms with E-state index < -0.39 is 0 Å². The minimum absolute atomic E-state index is 0.354. The number of nitrogens with zero attached hydrogens (tertiary/aromatic N) is 1. The van der Waals surface area contributed by atoms with Crippen molar-refractivity contribution in [1.82, 2.24) is 0 Å². The largest absolute Gasteiger partial charge is 0.293 e. The lowest BCUT2D eigenvalue weighted by Gasteiger charge is -2.43. The van der Waals surface area contributed by atoms with Gasteiger partial charge in [0.2, 0.25) is 0 Å². The Morgan fingerprint density at radius 2 is 1.83 bits per heavy atom. The summed E-state index contributed by atoms with van der Waals surface area (Å²) >= 11 is 0. The Balaban J connectivity index is 1.74. The van der Waals surface area contributed by atoms with Gasteiger partial charge in [0.05, 0.1) is 6.04 Å². The van der Waals surface area contributed by atoms with Crippen LogP contribution >= 0.6 is 0 Å². The fourth-order valence-corrected chi connectivity index (χ4v) is 5.07. The van der Waals surface area contributed by atoms with E-state index in [0.717, 1.165) is 6.42 Å². The predicted molar refractivity (Wildman–Crippen MR) is 97.2 cm³/mol. The third-order valence-electron chi connectivity index (χ3n) is 6.12. The Morgan fingerprint density at radius 1 is 1.09 bits per heavy atom. The highest BCUT2D eigenvalue weighted by Gasteiger charge is 2.45. The standard InChI is InChI=1S/C22H21N/c1-12-11-23-19-10-17-8-15-6-4-5-7-16(15)9-18(17)22(19)21-13(2)20(12)14(21)3/h4-9,11-12,19-20,22H,2,10H2,1,3H3/b23-11-/t12-,19?,20?,22?/m1/s1. The normalized spacial score (nSPS) is 32.9. The van der Waals surface area contributed by atoms with E-state index in [4.69, 9.17) is 4.99 Å². The molecule has 4 atom stereocenters. The summed E-state index contributed by atoms with van der Waals surface area (Å²) in [5.74, 6) is 1.41. The Labute approximate surface area is 137 Å². The molecule has 2 aliphatic carbocycles. The zero-order valence-electron chi connectivity index (χ0n) is 13.7. The summed E-state index contributed by atoms with van der Waals surface area (Å²) < 4.78 is 0. The fraction of sp³-hybridized carbons (Fsp3) is 0.318. The van der Waals surface area contributed by atoms with Gasteiger partial charge in [-0.1, -0.05) is 55.5 Å². The molecule has 0 spiro atoms. The quantitative estimate of drug-likeness (QED) is 0.644. The third-order valence-corrected chi connectivity index (χ3v) is 6.12. The molecular weight excluding hydrogens is 278 g/mol. The maximum absolute atomic E-state index is 4.98. The van der Waals surface area contributed by atoms with Crippen LogP contribution in [0.15, 0.2) is 64.7 Å². The van der Waals surface area contributed by atoms with E-state index in [2.05, 4.69) is 63.0 Å². The van der Waals surface area contributed by atoms with Gasteiger partial charge in [0.25, 0.3) is 0 Å². The summed E-state index contributed by atoms with van der Waals surface area (Å²) in [7, 11) is 0. The van der Waals surface area contributed by atoms with Crippen molar-refractivity contribution in [3.8, 4) is 0 Å². The van der Waals surface area contributed by atoms with Crippen LogP contribution in [0.4, 0.5) is 0 Å². The van der Waals surface area contributed by atoms with Crippen molar-refractivity contribution in [2.45, 2.75) is 32.2 Å². The van der Waals surface area contributed by atoms with Crippen LogP contribution in [-0.2, 0) is 6.42 Å². The Morgan fingerprint density at radius 3 is 2.57 bits per heavy atom. The molecule has 2 bridgehead atoms. The number of hydrogen-bond donors (Lipinski definition) is 0. The summed E-state index contributed by atoms with van der Waals surface area (Å²) in [5, 5.41) is 2.68. The molecule has 3 unspecified atom stereocenters. The second-order valence-corrected chi connectivity index (χ2v) is 7.40. The van der Waals surface area contributed by atoms with Crippen LogP contribution in [0.3, 0.4) is 0 Å². The van der Waals surface area contributed by atoms with Crippen LogP contribution in [0.25, 0.3) is 10.8 Å². The topological polar surface area (TPSA) is 12.4 Å². The number of hydrogen-bond acceptors (Lipinski definition) is 1. The van der Waals surface area contributed by atoms with E-state index in [0.29, 0.717) is 23.8 Å². The SMILES string of the molecule is C=C1C2=C(C)C1[C@H](C)/C=N\C1Cc3cc4ccccc4cc3C21. The van der Waals surface area contributed by atoms with Gasteiger partial charge >= 0.3 is 0 Å². The fourth-order valence-electron chi connectivity index (χ4n) is 5.07. The van der Waals surface area contributed by atoms with E-state index >= 15 is 0 Å². The second kappa shape index (κ2) is 4.44. The molecule has 1 nitrogen and oxygen atoms in total. The predicted octanol–water partition coefficient (Wildman–Crippen LogP) is 5.07. The van der Waals surface area contributed by atoms with Gasteiger partial charge in [-0.05, 0) is 46.4 Å². The molecule has 0 radical (unpaired) electrons. The molecule has 0 fully saturated rings. The molecule has 0 amide bonds. The van der Waals surface area contributed by atoms with Gasteiger partial charge < -0.3 is 0 Å². The summed E-state index contributed by atoms with van der Waals surface area (Å²) in [4.78, 5) is 4.98. The molecule has 0 aromatic heterocycles. The minimum atomic E-state index is 0.354. The van der Waals surface area contributed by atoms with Crippen LogP contribution in [0.2, 0.25) is 0 Å². The van der Waals surface area contributed by atoms with Gasteiger partial charge in [0, 0.05) is 24.0 Å². The average molecular weight is 299 g/mol. The van der Waals surface area contributed by atoms with Crippen molar-refractivity contribution < 1.29 is 0 Å². The first-order valence-corrected chi connectivity index (χ1v) is 8.60. The molecular formula is C22H21N. The average Bonchev–Trinajstić information content (AvgIpc) is 2.86. The lowest BCUT2D eigenvalue weighted by molar-refractivity contribution is 0.491. The molecule has 0 N–H and O–H groups in total. The first kappa shape index (κ1) is 13.3. The van der Waals surface area contributed by atoms with Gasteiger partial charge in [-0.3, -0.25) is 4.99 Å². The molecule has 114 valence electrons. The molecule has 0 saturated heterocycles. The molecule has 1 heteroatoms. The molecule has 23 heavy (non-hydrogen) atoms. The van der Waals surface area contributed by atoms with E-state index in [9.17, 15) is 0 Å². The van der Waals surface area contributed by atoms with Crippen LogP contribution < -0.4 is 0 Å². The maximum atomic E-state index is 4.98. The molecule has 6 rings (SSSR count). The summed E-state index contributed by atoms with van der Waals surface area (Å²) in [6.45, 7) is 9.00. The molecule has 2 aromatic rings. The van der Waals surface area contributed by atoms with E-state index in [1.54, 1.807) is 5.57 Å². The lowest BCUT2D eigenvalue weighted by Crippen LogP contribution is -2.34. The van der Waals surface area contributed by atoms with Crippen LogP contribution in [0.1, 0.15) is 30.9 Å². The van der Waals surface area contributed by atoms with Crippen molar-refractivity contribution in [1.29, 1.82) is 0 Å². The van der Waals surface area contributed by atoms with Crippen molar-refractivity contribution >= 4 is 17.0 Å². The Kier molecular flexibility index (Phi) is 2.57. The minimum Gasteiger partial charge on any atom is -0.293 e. The van der Waals surface area contributed by atoms with Crippen LogP contribution in [-0.4, -0.2) is 12.3 Å². The van der Waals surface area contributed by atoms with Gasteiger partial charge in [0.1, 0.15) is 0 Å². The molecule has 0 saturated carbocycles. The van der Waals surface area contributed by atoms with E-state index in [-0.39, 0.29) is 0 Å². The summed E-state index contributed by atoms with van der Waals surface area (Å²) in [6, 6.07) is 13.8. The highest BCUT2D eigenvalue weighted by atomic mass is 14.8. The van der Waals surface area contributed by atoms with E-state index in [1.165, 1.54) is 33.0 Å². The lowest BCUT2D eigenvalue weighted by atomic mass is 9.62. The first-order chi connectivity index (χ1) is 11.1. The molecule has 4 aliphatic rings. The van der Waals surface area contributed by atoms with Crippen LogP contribution in [0.5, 0.6) is 0 Å². The zero-order chi connectivity index (χ0) is 15.7. The smallest absolute Gasteiger partial charge is 0.0645 e. The molecule has 2 heterocycles. The first-order valence-electron chi connectivity index (χ1n) is 8.60. The third kappa shape index (κ3) is 1.65. The van der Waals surface area contributed by atoms with E-state index in [1.807, 2.05) is 0 Å². The monoisotopic (exact) mass is 299 g/mol. The van der Waals surface area contributed by atoms with Crippen molar-refractivity contribution in [2.75, 3.05) is 0 Å². The number of aliphatic imine (C=N–C) groups is 1. The van der Waals surface area contributed by atoms with Crippen LogP contribution in [0, 0.1) is 11.8 Å². The van der Waals surface area contributed by atoms with Crippen molar-refractivity contribution in [3.63, 3.8) is 0 Å². The zero-order valence-corrected chi connectivity index (χ0v) is 13.7. The number of fused-ring (bicyclic) bond motifs is 3. The molecule has 2 aromatic carbocycles. The highest BCUT2D eigenvalue weighted by molar-refractivity contribution is 5.85. The van der Waals surface area contributed by atoms with Crippen molar-refractivity contribution in [2.24, 2.45) is 16.8 Å². The Hall–Kier alpha value is -2.15. The van der Waals surface area contributed by atoms with Crippen molar-refractivity contribution in [3.05, 3.63) is 70.8 Å².